The Labute approximate surface area is 147 Å². The van der Waals surface area contributed by atoms with E-state index in [0.717, 1.165) is 11.3 Å². The number of hydrogen-bond donors (Lipinski definition) is 1. The number of aromatic nitrogens is 2. The van der Waals surface area contributed by atoms with Crippen LogP contribution < -0.4 is 10.5 Å². The molecule has 0 spiro atoms. The molecule has 2 N–H and O–H groups in total. The van der Waals surface area contributed by atoms with Crippen molar-refractivity contribution >= 4 is 34.0 Å². The number of nitrogens with zero attached hydrogens (tertiary/aromatic N) is 2. The van der Waals surface area contributed by atoms with Crippen molar-refractivity contribution in [1.82, 2.24) is 10.2 Å². The average molecular weight is 357 g/mol. The SMILES string of the molecule is Nc1nnc(SCC(=O)c2ccc(OCc3ccccc3)cc2)s1. The normalized spacial score (nSPS) is 10.5. The maximum absolute atomic E-state index is 12.2. The highest BCUT2D eigenvalue weighted by Crippen LogP contribution is 2.24. The molecule has 5 nitrogen and oxygen atoms in total. The van der Waals surface area contributed by atoms with Crippen LogP contribution in [0.15, 0.2) is 58.9 Å². The molecule has 0 amide bonds. The smallest absolute Gasteiger partial charge is 0.203 e. The molecule has 3 aromatic rings. The van der Waals surface area contributed by atoms with E-state index >= 15 is 0 Å². The molecule has 7 heteroatoms. The number of thioether (sulfide) groups is 1. The van der Waals surface area contributed by atoms with Gasteiger partial charge in [-0.1, -0.05) is 53.4 Å². The first-order valence-electron chi connectivity index (χ1n) is 7.22. The molecular formula is C17H15N3O2S2. The van der Waals surface area contributed by atoms with Crippen molar-refractivity contribution in [3.63, 3.8) is 0 Å². The molecule has 0 saturated carbocycles. The van der Waals surface area contributed by atoms with E-state index in [0.29, 0.717) is 27.4 Å². The summed E-state index contributed by atoms with van der Waals surface area (Å²) in [6.45, 7) is 0.502. The van der Waals surface area contributed by atoms with Crippen molar-refractivity contribution < 1.29 is 9.53 Å². The predicted octanol–water partition coefficient (Wildman–Crippen LogP) is 3.67. The molecule has 3 rings (SSSR count). The van der Waals surface area contributed by atoms with Crippen LogP contribution in [0.25, 0.3) is 0 Å². The summed E-state index contributed by atoms with van der Waals surface area (Å²) in [5.41, 5.74) is 7.26. The number of Topliss-reactive ketones (excluding diaryl/α,β-unsaturated/α-hetero) is 1. The molecule has 0 radical (unpaired) electrons. The fraction of sp³-hybridized carbons (Fsp3) is 0.118. The van der Waals surface area contributed by atoms with E-state index in [-0.39, 0.29) is 5.78 Å². The topological polar surface area (TPSA) is 78.1 Å². The van der Waals surface area contributed by atoms with Crippen LogP contribution in [0.5, 0.6) is 5.75 Å². The van der Waals surface area contributed by atoms with Gasteiger partial charge in [0.15, 0.2) is 10.1 Å². The van der Waals surface area contributed by atoms with Crippen LogP contribution in [0.3, 0.4) is 0 Å². The van der Waals surface area contributed by atoms with E-state index in [1.54, 1.807) is 12.1 Å². The standard InChI is InChI=1S/C17H15N3O2S2/c18-16-19-20-17(24-16)23-11-15(21)13-6-8-14(9-7-13)22-10-12-4-2-1-3-5-12/h1-9H,10-11H2,(H2,18,19). The predicted molar refractivity (Wildman–Crippen MR) is 96.6 cm³/mol. The molecule has 0 aliphatic heterocycles. The summed E-state index contributed by atoms with van der Waals surface area (Å²) in [6.07, 6.45) is 0. The monoisotopic (exact) mass is 357 g/mol. The van der Waals surface area contributed by atoms with Gasteiger partial charge in [-0.25, -0.2) is 0 Å². The van der Waals surface area contributed by atoms with Crippen molar-refractivity contribution in [2.75, 3.05) is 11.5 Å². The largest absolute Gasteiger partial charge is 0.489 e. The van der Waals surface area contributed by atoms with Crippen LogP contribution in [0.1, 0.15) is 15.9 Å². The van der Waals surface area contributed by atoms with Crippen molar-refractivity contribution in [2.45, 2.75) is 10.9 Å². The van der Waals surface area contributed by atoms with Gasteiger partial charge in [0.2, 0.25) is 5.13 Å². The molecule has 24 heavy (non-hydrogen) atoms. The number of rotatable bonds is 7. The molecule has 2 aromatic carbocycles. The lowest BCUT2D eigenvalue weighted by Crippen LogP contribution is -2.02. The highest BCUT2D eigenvalue weighted by molar-refractivity contribution is 8.01. The number of anilines is 1. The maximum atomic E-state index is 12.2. The third-order valence-electron chi connectivity index (χ3n) is 3.17. The molecule has 0 saturated heterocycles. The molecular weight excluding hydrogens is 342 g/mol. The number of carbonyl (C=O) groups excluding carboxylic acids is 1. The van der Waals surface area contributed by atoms with Gasteiger partial charge in [-0.2, -0.15) is 0 Å². The van der Waals surface area contributed by atoms with Crippen molar-refractivity contribution in [3.05, 3.63) is 65.7 Å². The Balaban J connectivity index is 1.52. The average Bonchev–Trinajstić information content (AvgIpc) is 3.04. The summed E-state index contributed by atoms with van der Waals surface area (Å²) in [5, 5.41) is 8.01. The first-order chi connectivity index (χ1) is 11.7. The second-order valence-corrected chi connectivity index (χ2v) is 7.15. The summed E-state index contributed by atoms with van der Waals surface area (Å²) in [4.78, 5) is 12.2. The Morgan fingerprint density at radius 1 is 1.08 bits per heavy atom. The molecule has 0 unspecified atom stereocenters. The van der Waals surface area contributed by atoms with Crippen LogP contribution >= 0.6 is 23.1 Å². The summed E-state index contributed by atoms with van der Waals surface area (Å²) in [5.74, 6) is 1.07. The number of ketones is 1. The highest BCUT2D eigenvalue weighted by Gasteiger charge is 2.09. The lowest BCUT2D eigenvalue weighted by atomic mass is 10.1. The number of ether oxygens (including phenoxy) is 1. The fourth-order valence-corrected chi connectivity index (χ4v) is 3.50. The van der Waals surface area contributed by atoms with Crippen LogP contribution in [0.2, 0.25) is 0 Å². The Hall–Kier alpha value is -2.38. The molecule has 1 heterocycles. The van der Waals surface area contributed by atoms with Gasteiger partial charge in [0.25, 0.3) is 0 Å². The molecule has 0 aliphatic rings. The Kier molecular flexibility index (Phi) is 5.45. The zero-order valence-electron chi connectivity index (χ0n) is 12.7. The summed E-state index contributed by atoms with van der Waals surface area (Å²) in [7, 11) is 0. The van der Waals surface area contributed by atoms with Crippen molar-refractivity contribution in [2.24, 2.45) is 0 Å². The molecule has 0 fully saturated rings. The van der Waals surface area contributed by atoms with E-state index in [9.17, 15) is 4.79 Å². The van der Waals surface area contributed by atoms with Crippen LogP contribution in [0.4, 0.5) is 5.13 Å². The van der Waals surface area contributed by atoms with Gasteiger partial charge in [0, 0.05) is 5.56 Å². The summed E-state index contributed by atoms with van der Waals surface area (Å²) in [6, 6.07) is 17.1. The van der Waals surface area contributed by atoms with Gasteiger partial charge >= 0.3 is 0 Å². The van der Waals surface area contributed by atoms with Crippen LogP contribution in [0, 0.1) is 0 Å². The second-order valence-electron chi connectivity index (χ2n) is 4.92. The number of benzene rings is 2. The van der Waals surface area contributed by atoms with E-state index in [4.69, 9.17) is 10.5 Å². The summed E-state index contributed by atoms with van der Waals surface area (Å²) < 4.78 is 6.41. The minimum absolute atomic E-state index is 0.0309. The Morgan fingerprint density at radius 2 is 1.83 bits per heavy atom. The van der Waals surface area contributed by atoms with E-state index in [1.165, 1.54) is 23.1 Å². The number of carbonyl (C=O) groups is 1. The zero-order chi connectivity index (χ0) is 16.8. The molecule has 122 valence electrons. The van der Waals surface area contributed by atoms with Crippen LogP contribution in [-0.2, 0) is 6.61 Å². The van der Waals surface area contributed by atoms with Crippen LogP contribution in [-0.4, -0.2) is 21.7 Å². The number of hydrogen-bond acceptors (Lipinski definition) is 7. The van der Waals surface area contributed by atoms with Gasteiger partial charge in [-0.15, -0.1) is 10.2 Å². The van der Waals surface area contributed by atoms with E-state index < -0.39 is 0 Å². The van der Waals surface area contributed by atoms with Crippen molar-refractivity contribution in [3.8, 4) is 5.75 Å². The summed E-state index contributed by atoms with van der Waals surface area (Å²) >= 11 is 2.62. The fourth-order valence-electron chi connectivity index (χ4n) is 1.97. The first-order valence-corrected chi connectivity index (χ1v) is 9.03. The quantitative estimate of drug-likeness (QED) is 0.513. The van der Waals surface area contributed by atoms with Gasteiger partial charge in [-0.05, 0) is 29.8 Å². The Morgan fingerprint density at radius 3 is 2.50 bits per heavy atom. The van der Waals surface area contributed by atoms with E-state index in [1.807, 2.05) is 42.5 Å². The molecule has 0 aliphatic carbocycles. The lowest BCUT2D eigenvalue weighted by Gasteiger charge is -2.07. The van der Waals surface area contributed by atoms with Crippen molar-refractivity contribution in [1.29, 1.82) is 0 Å². The third kappa shape index (κ3) is 4.56. The van der Waals surface area contributed by atoms with Gasteiger partial charge in [-0.3, -0.25) is 4.79 Å². The maximum Gasteiger partial charge on any atom is 0.203 e. The minimum Gasteiger partial charge on any atom is -0.489 e. The zero-order valence-corrected chi connectivity index (χ0v) is 14.3. The van der Waals surface area contributed by atoms with Gasteiger partial charge in [0.05, 0.1) is 5.75 Å². The van der Waals surface area contributed by atoms with E-state index in [2.05, 4.69) is 10.2 Å². The highest BCUT2D eigenvalue weighted by atomic mass is 32.2. The molecule has 0 bridgehead atoms. The number of nitrogen functional groups attached to an aromatic ring is 1. The second kappa shape index (κ2) is 7.94. The van der Waals surface area contributed by atoms with Gasteiger partial charge in [0.1, 0.15) is 12.4 Å². The third-order valence-corrected chi connectivity index (χ3v) is 5.06. The van der Waals surface area contributed by atoms with Gasteiger partial charge < -0.3 is 10.5 Å². The Bertz CT molecular complexity index is 804. The lowest BCUT2D eigenvalue weighted by molar-refractivity contribution is 0.102. The number of nitrogens with two attached hydrogens (primary N) is 1. The molecule has 0 atom stereocenters. The first kappa shape index (κ1) is 16.5. The molecule has 1 aromatic heterocycles. The minimum atomic E-state index is 0.0309.